The van der Waals surface area contributed by atoms with Gasteiger partial charge in [-0.15, -0.1) is 0 Å². The van der Waals surface area contributed by atoms with Gasteiger partial charge in [0.15, 0.2) is 0 Å². The zero-order valence-corrected chi connectivity index (χ0v) is 11.7. The standard InChI is InChI=1S/C13H14ClF3N2O2/c14-8-1-2-10(9(7-8)13(15,16)17)19-11(20)12(18)3-5-21-6-4-12/h1-2,7H,3-6,18H2,(H,19,20). The molecule has 116 valence electrons. The molecule has 0 radical (unpaired) electrons. The zero-order chi connectivity index (χ0) is 15.7. The fraction of sp³-hybridized carbons (Fsp3) is 0.462. The van der Waals surface area contributed by atoms with Crippen LogP contribution in [0.2, 0.25) is 5.02 Å². The molecule has 0 aliphatic carbocycles. The van der Waals surface area contributed by atoms with Crippen molar-refractivity contribution in [3.63, 3.8) is 0 Å². The van der Waals surface area contributed by atoms with Crippen molar-refractivity contribution >= 4 is 23.2 Å². The average Bonchev–Trinajstić information content (AvgIpc) is 2.40. The molecule has 1 fully saturated rings. The molecule has 3 N–H and O–H groups in total. The molecular weight excluding hydrogens is 309 g/mol. The summed E-state index contributed by atoms with van der Waals surface area (Å²) in [4.78, 5) is 12.2. The maximum atomic E-state index is 13.0. The van der Waals surface area contributed by atoms with Crippen molar-refractivity contribution in [1.29, 1.82) is 0 Å². The predicted octanol–water partition coefficient (Wildman–Crippen LogP) is 2.81. The number of ether oxygens (including phenoxy) is 1. The Hall–Kier alpha value is -1.31. The third-order valence-corrected chi connectivity index (χ3v) is 3.61. The summed E-state index contributed by atoms with van der Waals surface area (Å²) < 4.78 is 44.0. The Bertz CT molecular complexity index is 543. The summed E-state index contributed by atoms with van der Waals surface area (Å²) in [7, 11) is 0. The van der Waals surface area contributed by atoms with Gasteiger partial charge in [-0.2, -0.15) is 13.2 Å². The van der Waals surface area contributed by atoms with E-state index in [9.17, 15) is 18.0 Å². The predicted molar refractivity (Wildman–Crippen MR) is 72.1 cm³/mol. The van der Waals surface area contributed by atoms with Crippen molar-refractivity contribution in [3.8, 4) is 0 Å². The van der Waals surface area contributed by atoms with Gasteiger partial charge in [0.05, 0.1) is 11.3 Å². The van der Waals surface area contributed by atoms with E-state index in [2.05, 4.69) is 5.32 Å². The summed E-state index contributed by atoms with van der Waals surface area (Å²) in [6.45, 7) is 0.604. The van der Waals surface area contributed by atoms with Gasteiger partial charge in [-0.1, -0.05) is 11.6 Å². The van der Waals surface area contributed by atoms with Gasteiger partial charge in [0.1, 0.15) is 5.54 Å². The summed E-state index contributed by atoms with van der Waals surface area (Å²) in [6.07, 6.45) is -4.10. The smallest absolute Gasteiger partial charge is 0.381 e. The van der Waals surface area contributed by atoms with Gasteiger partial charge in [0.25, 0.3) is 0 Å². The molecule has 1 aromatic rings. The lowest BCUT2D eigenvalue weighted by molar-refractivity contribution is -0.137. The third kappa shape index (κ3) is 3.66. The van der Waals surface area contributed by atoms with Crippen molar-refractivity contribution in [3.05, 3.63) is 28.8 Å². The third-order valence-electron chi connectivity index (χ3n) is 3.37. The Balaban J connectivity index is 2.25. The Morgan fingerprint density at radius 2 is 1.95 bits per heavy atom. The molecule has 1 saturated heterocycles. The number of hydrogen-bond donors (Lipinski definition) is 2. The van der Waals surface area contributed by atoms with Crippen molar-refractivity contribution in [1.82, 2.24) is 0 Å². The Morgan fingerprint density at radius 1 is 1.33 bits per heavy atom. The van der Waals surface area contributed by atoms with Crippen LogP contribution in [0.25, 0.3) is 0 Å². The molecule has 1 aliphatic rings. The fourth-order valence-electron chi connectivity index (χ4n) is 2.07. The molecular formula is C13H14ClF3N2O2. The molecule has 1 amide bonds. The second-order valence-corrected chi connectivity index (χ2v) is 5.35. The van der Waals surface area contributed by atoms with Crippen LogP contribution in [0.3, 0.4) is 0 Å². The van der Waals surface area contributed by atoms with E-state index in [1.54, 1.807) is 0 Å². The van der Waals surface area contributed by atoms with E-state index in [-0.39, 0.29) is 23.6 Å². The quantitative estimate of drug-likeness (QED) is 0.880. The second kappa shape index (κ2) is 5.82. The number of halogens is 4. The maximum Gasteiger partial charge on any atom is 0.418 e. The summed E-state index contributed by atoms with van der Waals surface area (Å²) in [5, 5.41) is 2.20. The number of rotatable bonds is 2. The first-order chi connectivity index (χ1) is 9.72. The van der Waals surface area contributed by atoms with Crippen molar-refractivity contribution in [2.75, 3.05) is 18.5 Å². The highest BCUT2D eigenvalue weighted by Gasteiger charge is 2.38. The Kier molecular flexibility index (Phi) is 4.46. The minimum atomic E-state index is -4.62. The molecule has 0 spiro atoms. The maximum absolute atomic E-state index is 13.0. The molecule has 0 aromatic heterocycles. The normalized spacial score (nSPS) is 18.3. The summed E-state index contributed by atoms with van der Waals surface area (Å²) in [5.74, 6) is -0.654. The molecule has 0 unspecified atom stereocenters. The fourth-order valence-corrected chi connectivity index (χ4v) is 2.24. The van der Waals surface area contributed by atoms with E-state index in [0.29, 0.717) is 13.2 Å². The average molecular weight is 323 g/mol. The largest absolute Gasteiger partial charge is 0.418 e. The van der Waals surface area contributed by atoms with Crippen LogP contribution in [0, 0.1) is 0 Å². The molecule has 21 heavy (non-hydrogen) atoms. The van der Waals surface area contributed by atoms with Crippen LogP contribution in [-0.2, 0) is 15.7 Å². The summed E-state index contributed by atoms with van der Waals surface area (Å²) >= 11 is 5.58. The van der Waals surface area contributed by atoms with E-state index in [0.717, 1.165) is 12.1 Å². The van der Waals surface area contributed by atoms with Gasteiger partial charge in [-0.3, -0.25) is 4.79 Å². The van der Waals surface area contributed by atoms with Gasteiger partial charge in [-0.25, -0.2) is 0 Å². The lowest BCUT2D eigenvalue weighted by Crippen LogP contribution is -2.54. The van der Waals surface area contributed by atoms with Crippen molar-refractivity contribution in [2.45, 2.75) is 24.6 Å². The molecule has 0 bridgehead atoms. The highest BCUT2D eigenvalue weighted by Crippen LogP contribution is 2.37. The number of nitrogens with two attached hydrogens (primary N) is 1. The highest BCUT2D eigenvalue weighted by atomic mass is 35.5. The van der Waals surface area contributed by atoms with Crippen LogP contribution in [0.4, 0.5) is 18.9 Å². The molecule has 1 aromatic carbocycles. The molecule has 0 atom stereocenters. The first-order valence-corrected chi connectivity index (χ1v) is 6.65. The number of carbonyl (C=O) groups excluding carboxylic acids is 1. The summed E-state index contributed by atoms with van der Waals surface area (Å²) in [5.41, 5.74) is 3.36. The molecule has 1 heterocycles. The molecule has 0 saturated carbocycles. The number of carbonyl (C=O) groups is 1. The van der Waals surface area contributed by atoms with E-state index < -0.39 is 23.2 Å². The second-order valence-electron chi connectivity index (χ2n) is 4.91. The van der Waals surface area contributed by atoms with Crippen molar-refractivity contribution in [2.24, 2.45) is 5.73 Å². The molecule has 1 aliphatic heterocycles. The lowest BCUT2D eigenvalue weighted by atomic mass is 9.90. The van der Waals surface area contributed by atoms with Gasteiger partial charge in [-0.05, 0) is 31.0 Å². The number of hydrogen-bond acceptors (Lipinski definition) is 3. The van der Waals surface area contributed by atoms with E-state index in [1.165, 1.54) is 6.07 Å². The van der Waals surface area contributed by atoms with E-state index in [4.69, 9.17) is 22.1 Å². The van der Waals surface area contributed by atoms with Crippen LogP contribution in [0.1, 0.15) is 18.4 Å². The van der Waals surface area contributed by atoms with E-state index >= 15 is 0 Å². The van der Waals surface area contributed by atoms with Crippen LogP contribution in [0.5, 0.6) is 0 Å². The Morgan fingerprint density at radius 3 is 2.52 bits per heavy atom. The van der Waals surface area contributed by atoms with Gasteiger partial charge in [0, 0.05) is 18.2 Å². The number of alkyl halides is 3. The topological polar surface area (TPSA) is 64.4 Å². The van der Waals surface area contributed by atoms with E-state index in [1.807, 2.05) is 0 Å². The minimum absolute atomic E-state index is 0.0612. The zero-order valence-electron chi connectivity index (χ0n) is 11.0. The number of benzene rings is 1. The van der Waals surface area contributed by atoms with Crippen LogP contribution < -0.4 is 11.1 Å². The van der Waals surface area contributed by atoms with Crippen LogP contribution >= 0.6 is 11.6 Å². The van der Waals surface area contributed by atoms with Crippen molar-refractivity contribution < 1.29 is 22.7 Å². The molecule has 8 heteroatoms. The number of amides is 1. The number of anilines is 1. The SMILES string of the molecule is NC1(C(=O)Nc2ccc(Cl)cc2C(F)(F)F)CCOCC1. The molecule has 4 nitrogen and oxygen atoms in total. The Labute approximate surface area is 124 Å². The van der Waals surface area contributed by atoms with Crippen LogP contribution in [0.15, 0.2) is 18.2 Å². The monoisotopic (exact) mass is 322 g/mol. The summed E-state index contributed by atoms with van der Waals surface area (Å²) in [6, 6.07) is 3.16. The first kappa shape index (κ1) is 16.1. The lowest BCUT2D eigenvalue weighted by Gasteiger charge is -2.32. The van der Waals surface area contributed by atoms with Gasteiger partial charge >= 0.3 is 6.18 Å². The van der Waals surface area contributed by atoms with Crippen LogP contribution in [-0.4, -0.2) is 24.7 Å². The molecule has 2 rings (SSSR count). The minimum Gasteiger partial charge on any atom is -0.381 e. The number of nitrogens with one attached hydrogen (secondary N) is 1. The first-order valence-electron chi connectivity index (χ1n) is 6.27. The highest BCUT2D eigenvalue weighted by molar-refractivity contribution is 6.30. The van der Waals surface area contributed by atoms with Gasteiger partial charge in [0.2, 0.25) is 5.91 Å². The van der Waals surface area contributed by atoms with Gasteiger partial charge < -0.3 is 15.8 Å².